The molecule has 2 heterocycles. The molecule has 1 fully saturated rings. The lowest BCUT2D eigenvalue weighted by Crippen LogP contribution is -2.46. The Hall–Kier alpha value is -2.26. The number of furan rings is 1. The summed E-state index contributed by atoms with van der Waals surface area (Å²) in [5.74, 6) is 1.07. The average Bonchev–Trinajstić information content (AvgIpc) is 3.00. The van der Waals surface area contributed by atoms with Crippen molar-refractivity contribution in [2.75, 3.05) is 31.1 Å². The van der Waals surface area contributed by atoms with Gasteiger partial charge in [-0.3, -0.25) is 4.90 Å². The second kappa shape index (κ2) is 6.33. The minimum Gasteiger partial charge on any atom is -0.460 e. The number of rotatable bonds is 3. The monoisotopic (exact) mass is 320 g/mol. The van der Waals surface area contributed by atoms with Crippen LogP contribution >= 0.6 is 0 Å². The number of para-hydroxylation sites is 1. The van der Waals surface area contributed by atoms with Crippen LogP contribution < -0.4 is 4.90 Å². The molecule has 3 aromatic rings. The summed E-state index contributed by atoms with van der Waals surface area (Å²) in [6.07, 6.45) is 0. The van der Waals surface area contributed by atoms with E-state index in [1.54, 1.807) is 0 Å². The van der Waals surface area contributed by atoms with Gasteiger partial charge < -0.3 is 9.32 Å². The molecule has 0 bridgehead atoms. The highest BCUT2D eigenvalue weighted by Gasteiger charge is 2.19. The van der Waals surface area contributed by atoms with Crippen molar-refractivity contribution in [1.82, 2.24) is 4.90 Å². The Kier molecular flexibility index (Phi) is 4.03. The van der Waals surface area contributed by atoms with Crippen molar-refractivity contribution < 1.29 is 4.42 Å². The molecule has 2 aromatic carbocycles. The molecule has 1 aliphatic heterocycles. The zero-order valence-electron chi connectivity index (χ0n) is 14.5. The molecule has 0 unspecified atom stereocenters. The minimum atomic E-state index is 0.898. The quantitative estimate of drug-likeness (QED) is 0.714. The third-order valence-corrected chi connectivity index (χ3v) is 5.15. The highest BCUT2D eigenvalue weighted by atomic mass is 16.3. The van der Waals surface area contributed by atoms with E-state index in [9.17, 15) is 0 Å². The van der Waals surface area contributed by atoms with Crippen LogP contribution in [0.5, 0.6) is 0 Å². The largest absolute Gasteiger partial charge is 0.460 e. The molecule has 0 radical (unpaired) electrons. The summed E-state index contributed by atoms with van der Waals surface area (Å²) < 4.78 is 5.96. The van der Waals surface area contributed by atoms with Gasteiger partial charge in [0, 0.05) is 37.3 Å². The first-order valence-corrected chi connectivity index (χ1v) is 8.72. The van der Waals surface area contributed by atoms with E-state index in [2.05, 4.69) is 60.0 Å². The van der Waals surface area contributed by atoms with Gasteiger partial charge in [-0.2, -0.15) is 0 Å². The molecule has 1 aromatic heterocycles. The third kappa shape index (κ3) is 2.92. The second-order valence-corrected chi connectivity index (χ2v) is 6.73. The second-order valence-electron chi connectivity index (χ2n) is 6.73. The van der Waals surface area contributed by atoms with Gasteiger partial charge in [0.15, 0.2) is 0 Å². The molecular formula is C21H24N2O. The van der Waals surface area contributed by atoms with E-state index < -0.39 is 0 Å². The van der Waals surface area contributed by atoms with Gasteiger partial charge in [-0.15, -0.1) is 0 Å². The van der Waals surface area contributed by atoms with Crippen molar-refractivity contribution in [3.05, 3.63) is 65.4 Å². The van der Waals surface area contributed by atoms with Crippen molar-refractivity contribution in [2.24, 2.45) is 0 Å². The Morgan fingerprint density at radius 1 is 0.917 bits per heavy atom. The van der Waals surface area contributed by atoms with Gasteiger partial charge >= 0.3 is 0 Å². The Morgan fingerprint density at radius 3 is 2.50 bits per heavy atom. The Morgan fingerprint density at radius 2 is 1.71 bits per heavy atom. The number of hydrogen-bond acceptors (Lipinski definition) is 3. The predicted molar refractivity (Wildman–Crippen MR) is 99.6 cm³/mol. The molecule has 0 spiro atoms. The molecule has 3 nitrogen and oxygen atoms in total. The zero-order chi connectivity index (χ0) is 16.5. The molecule has 24 heavy (non-hydrogen) atoms. The van der Waals surface area contributed by atoms with E-state index in [0.29, 0.717) is 0 Å². The summed E-state index contributed by atoms with van der Waals surface area (Å²) in [5, 5.41) is 1.20. The molecule has 124 valence electrons. The van der Waals surface area contributed by atoms with Gasteiger partial charge in [-0.1, -0.05) is 30.3 Å². The van der Waals surface area contributed by atoms with E-state index in [0.717, 1.165) is 44.1 Å². The first-order valence-electron chi connectivity index (χ1n) is 8.72. The van der Waals surface area contributed by atoms with E-state index in [1.165, 1.54) is 22.2 Å². The van der Waals surface area contributed by atoms with Gasteiger partial charge in [-0.25, -0.2) is 0 Å². The molecule has 4 rings (SSSR count). The number of hydrogen-bond donors (Lipinski definition) is 0. The highest BCUT2D eigenvalue weighted by Crippen LogP contribution is 2.25. The summed E-state index contributed by atoms with van der Waals surface area (Å²) in [6, 6.07) is 17.0. The summed E-state index contributed by atoms with van der Waals surface area (Å²) in [5.41, 5.74) is 5.15. The van der Waals surface area contributed by atoms with Crippen LogP contribution in [0, 0.1) is 13.8 Å². The van der Waals surface area contributed by atoms with Crippen LogP contribution in [-0.2, 0) is 6.54 Å². The van der Waals surface area contributed by atoms with Crippen molar-refractivity contribution in [1.29, 1.82) is 0 Å². The van der Waals surface area contributed by atoms with Crippen LogP contribution in [0.15, 0.2) is 52.9 Å². The number of fused-ring (bicyclic) bond motifs is 1. The normalized spacial score (nSPS) is 16.0. The number of benzene rings is 2. The molecule has 3 heteroatoms. The van der Waals surface area contributed by atoms with E-state index >= 15 is 0 Å². The fraction of sp³-hybridized carbons (Fsp3) is 0.333. The Labute approximate surface area is 143 Å². The lowest BCUT2D eigenvalue weighted by molar-refractivity contribution is 0.232. The SMILES string of the molecule is Cc1cccc(N2CCN(Cc3cc4ccccc4o3)CC2)c1C. The molecular weight excluding hydrogens is 296 g/mol. The van der Waals surface area contributed by atoms with Crippen LogP contribution in [0.25, 0.3) is 11.0 Å². The Balaban J connectivity index is 1.41. The maximum atomic E-state index is 5.96. The molecule has 0 saturated carbocycles. The van der Waals surface area contributed by atoms with Crippen LogP contribution in [0.2, 0.25) is 0 Å². The first kappa shape index (κ1) is 15.3. The smallest absolute Gasteiger partial charge is 0.134 e. The summed E-state index contributed by atoms with van der Waals surface area (Å²) in [4.78, 5) is 5.00. The highest BCUT2D eigenvalue weighted by molar-refractivity contribution is 5.77. The minimum absolute atomic E-state index is 0.898. The standard InChI is InChI=1S/C21H24N2O/c1-16-6-5-8-20(17(16)2)23-12-10-22(11-13-23)15-19-14-18-7-3-4-9-21(18)24-19/h3-9,14H,10-13,15H2,1-2H3. The number of nitrogens with zero attached hydrogens (tertiary/aromatic N) is 2. The molecule has 1 aliphatic rings. The van der Waals surface area contributed by atoms with Gasteiger partial charge in [0.1, 0.15) is 11.3 Å². The molecule has 0 aliphatic carbocycles. The maximum absolute atomic E-state index is 5.96. The van der Waals surface area contributed by atoms with Crippen molar-refractivity contribution in [3.8, 4) is 0 Å². The van der Waals surface area contributed by atoms with Crippen molar-refractivity contribution in [2.45, 2.75) is 20.4 Å². The summed E-state index contributed by atoms with van der Waals surface area (Å²) >= 11 is 0. The number of aryl methyl sites for hydroxylation is 1. The van der Waals surface area contributed by atoms with Crippen LogP contribution in [0.4, 0.5) is 5.69 Å². The third-order valence-electron chi connectivity index (χ3n) is 5.15. The van der Waals surface area contributed by atoms with E-state index in [4.69, 9.17) is 4.42 Å². The van der Waals surface area contributed by atoms with Crippen LogP contribution in [0.3, 0.4) is 0 Å². The lowest BCUT2D eigenvalue weighted by atomic mass is 10.1. The van der Waals surface area contributed by atoms with E-state index in [-0.39, 0.29) is 0 Å². The van der Waals surface area contributed by atoms with Gasteiger partial charge in [0.05, 0.1) is 6.54 Å². The number of piperazine rings is 1. The molecule has 0 amide bonds. The lowest BCUT2D eigenvalue weighted by Gasteiger charge is -2.36. The van der Waals surface area contributed by atoms with Gasteiger partial charge in [0.2, 0.25) is 0 Å². The number of anilines is 1. The molecule has 0 N–H and O–H groups in total. The Bertz CT molecular complexity index is 811. The van der Waals surface area contributed by atoms with Crippen LogP contribution in [-0.4, -0.2) is 31.1 Å². The fourth-order valence-corrected chi connectivity index (χ4v) is 3.56. The van der Waals surface area contributed by atoms with Crippen molar-refractivity contribution in [3.63, 3.8) is 0 Å². The van der Waals surface area contributed by atoms with Crippen LogP contribution in [0.1, 0.15) is 16.9 Å². The van der Waals surface area contributed by atoms with Gasteiger partial charge in [-0.05, 0) is 43.2 Å². The summed E-state index contributed by atoms with van der Waals surface area (Å²) in [6.45, 7) is 9.61. The predicted octanol–water partition coefficient (Wildman–Crippen LogP) is 4.37. The fourth-order valence-electron chi connectivity index (χ4n) is 3.56. The molecule has 0 atom stereocenters. The topological polar surface area (TPSA) is 19.6 Å². The van der Waals surface area contributed by atoms with Crippen molar-refractivity contribution >= 4 is 16.7 Å². The zero-order valence-corrected chi connectivity index (χ0v) is 14.5. The maximum Gasteiger partial charge on any atom is 0.134 e. The average molecular weight is 320 g/mol. The van der Waals surface area contributed by atoms with Gasteiger partial charge in [0.25, 0.3) is 0 Å². The molecule has 1 saturated heterocycles. The summed E-state index contributed by atoms with van der Waals surface area (Å²) in [7, 11) is 0. The first-order chi connectivity index (χ1) is 11.7. The van der Waals surface area contributed by atoms with E-state index in [1.807, 2.05) is 12.1 Å².